The highest BCUT2D eigenvalue weighted by molar-refractivity contribution is 5.83. The van der Waals surface area contributed by atoms with Crippen molar-refractivity contribution in [2.45, 2.75) is 57.5 Å². The standard InChI is InChI=1S/C23H31NO2/c1-3-21-12-19-13-22(15-21,17-23(26,14-19)16-21)20(25)24(2)11-7-10-18-8-5-4-6-9-18/h4-10,19,26H,3,11-17H2,1-2H3. The second kappa shape index (κ2) is 6.23. The van der Waals surface area contributed by atoms with Crippen molar-refractivity contribution >= 4 is 12.0 Å². The molecule has 0 heterocycles. The minimum absolute atomic E-state index is 0.185. The van der Waals surface area contributed by atoms with Gasteiger partial charge in [-0.1, -0.05) is 55.8 Å². The normalized spacial score (nSPS) is 38.0. The summed E-state index contributed by atoms with van der Waals surface area (Å²) >= 11 is 0. The van der Waals surface area contributed by atoms with E-state index in [1.807, 2.05) is 30.1 Å². The second-order valence-electron chi connectivity index (χ2n) is 9.37. The summed E-state index contributed by atoms with van der Waals surface area (Å²) in [6.45, 7) is 2.86. The molecule has 4 aliphatic rings. The minimum atomic E-state index is -0.605. The second-order valence-corrected chi connectivity index (χ2v) is 9.37. The van der Waals surface area contributed by atoms with Gasteiger partial charge in [-0.3, -0.25) is 4.79 Å². The van der Waals surface area contributed by atoms with Gasteiger partial charge in [0.1, 0.15) is 0 Å². The Morgan fingerprint density at radius 1 is 1.19 bits per heavy atom. The van der Waals surface area contributed by atoms with Crippen LogP contribution in [0.25, 0.3) is 6.08 Å². The topological polar surface area (TPSA) is 40.5 Å². The SMILES string of the molecule is CCC12CC3CC(O)(C1)CC(C(=O)N(C)CC=Cc1ccccc1)(C3)C2. The molecule has 0 aliphatic heterocycles. The van der Waals surface area contributed by atoms with Crippen LogP contribution in [0.1, 0.15) is 57.4 Å². The number of amides is 1. The van der Waals surface area contributed by atoms with Gasteiger partial charge in [-0.15, -0.1) is 0 Å². The van der Waals surface area contributed by atoms with Gasteiger partial charge in [0.25, 0.3) is 0 Å². The molecular formula is C23H31NO2. The van der Waals surface area contributed by atoms with Crippen molar-refractivity contribution in [3.63, 3.8) is 0 Å². The molecule has 0 spiro atoms. The Morgan fingerprint density at radius 2 is 1.96 bits per heavy atom. The number of likely N-dealkylation sites (N-methyl/N-ethyl adjacent to an activating group) is 1. The van der Waals surface area contributed by atoms with Crippen LogP contribution in [0.3, 0.4) is 0 Å². The molecule has 140 valence electrons. The number of hydrogen-bond donors (Lipinski definition) is 1. The van der Waals surface area contributed by atoms with Crippen molar-refractivity contribution in [1.29, 1.82) is 0 Å². The third-order valence-electron chi connectivity index (χ3n) is 7.19. The molecule has 1 N–H and O–H groups in total. The Bertz CT molecular complexity index is 714. The van der Waals surface area contributed by atoms with E-state index in [1.165, 1.54) is 6.42 Å². The third kappa shape index (κ3) is 3.00. The number of nitrogens with zero attached hydrogens (tertiary/aromatic N) is 1. The van der Waals surface area contributed by atoms with Crippen LogP contribution in [-0.4, -0.2) is 35.1 Å². The van der Waals surface area contributed by atoms with Crippen LogP contribution in [0.2, 0.25) is 0 Å². The highest BCUT2D eigenvalue weighted by Gasteiger charge is 2.65. The molecule has 4 atom stereocenters. The van der Waals surface area contributed by atoms with Gasteiger partial charge in [-0.2, -0.15) is 0 Å². The van der Waals surface area contributed by atoms with Crippen LogP contribution >= 0.6 is 0 Å². The lowest BCUT2D eigenvalue weighted by molar-refractivity contribution is -0.208. The maximum absolute atomic E-state index is 13.4. The van der Waals surface area contributed by atoms with Gasteiger partial charge < -0.3 is 10.0 Å². The fourth-order valence-electron chi connectivity index (χ4n) is 6.62. The van der Waals surface area contributed by atoms with Gasteiger partial charge in [0.2, 0.25) is 5.91 Å². The van der Waals surface area contributed by atoms with E-state index in [9.17, 15) is 9.90 Å². The Labute approximate surface area is 157 Å². The number of carbonyl (C=O) groups is 1. The van der Waals surface area contributed by atoms with Crippen LogP contribution < -0.4 is 0 Å². The molecule has 4 saturated carbocycles. The molecule has 0 saturated heterocycles. The summed E-state index contributed by atoms with van der Waals surface area (Å²) in [7, 11) is 1.92. The Morgan fingerprint density at radius 3 is 2.65 bits per heavy atom. The summed E-state index contributed by atoms with van der Waals surface area (Å²) < 4.78 is 0. The fraction of sp³-hybridized carbons (Fsp3) is 0.609. The van der Waals surface area contributed by atoms with E-state index in [0.29, 0.717) is 18.9 Å². The average molecular weight is 354 g/mol. The molecule has 4 bridgehead atoms. The quantitative estimate of drug-likeness (QED) is 0.859. The molecule has 1 aromatic rings. The first kappa shape index (κ1) is 17.8. The molecule has 4 fully saturated rings. The van der Waals surface area contributed by atoms with Crippen LogP contribution in [-0.2, 0) is 4.79 Å². The number of aliphatic hydroxyl groups is 1. The maximum atomic E-state index is 13.4. The van der Waals surface area contributed by atoms with Crippen molar-refractivity contribution < 1.29 is 9.90 Å². The predicted octanol–water partition coefficient (Wildman–Crippen LogP) is 4.27. The number of hydrogen-bond acceptors (Lipinski definition) is 2. The van der Waals surface area contributed by atoms with Gasteiger partial charge in [-0.05, 0) is 55.4 Å². The van der Waals surface area contributed by atoms with E-state index in [1.54, 1.807) is 0 Å². The molecule has 3 nitrogen and oxygen atoms in total. The minimum Gasteiger partial charge on any atom is -0.390 e. The highest BCUT2D eigenvalue weighted by atomic mass is 16.3. The number of benzene rings is 1. The zero-order valence-corrected chi connectivity index (χ0v) is 16.1. The molecule has 3 heteroatoms. The molecule has 0 radical (unpaired) electrons. The summed E-state index contributed by atoms with van der Waals surface area (Å²) in [6, 6.07) is 10.2. The molecular weight excluding hydrogens is 322 g/mol. The summed E-state index contributed by atoms with van der Waals surface area (Å²) in [5, 5.41) is 11.1. The fourth-order valence-corrected chi connectivity index (χ4v) is 6.62. The first-order valence-electron chi connectivity index (χ1n) is 10.1. The van der Waals surface area contributed by atoms with Gasteiger partial charge >= 0.3 is 0 Å². The zero-order chi connectivity index (χ0) is 18.4. The Hall–Kier alpha value is -1.61. The van der Waals surface area contributed by atoms with Crippen molar-refractivity contribution in [2.24, 2.45) is 16.7 Å². The van der Waals surface area contributed by atoms with E-state index in [2.05, 4.69) is 31.2 Å². The molecule has 26 heavy (non-hydrogen) atoms. The van der Waals surface area contributed by atoms with Crippen LogP contribution in [0.4, 0.5) is 0 Å². The van der Waals surface area contributed by atoms with Gasteiger partial charge in [0.05, 0.1) is 11.0 Å². The molecule has 4 unspecified atom stereocenters. The lowest BCUT2D eigenvalue weighted by atomic mass is 9.42. The highest BCUT2D eigenvalue weighted by Crippen LogP contribution is 2.67. The third-order valence-corrected chi connectivity index (χ3v) is 7.19. The van der Waals surface area contributed by atoms with E-state index >= 15 is 0 Å². The van der Waals surface area contributed by atoms with Gasteiger partial charge in [0.15, 0.2) is 0 Å². The van der Waals surface area contributed by atoms with E-state index in [0.717, 1.165) is 37.7 Å². The zero-order valence-electron chi connectivity index (χ0n) is 16.1. The van der Waals surface area contributed by atoms with E-state index in [4.69, 9.17) is 0 Å². The summed E-state index contributed by atoms with van der Waals surface area (Å²) in [6.07, 6.45) is 10.9. The average Bonchev–Trinajstić information content (AvgIpc) is 2.60. The summed E-state index contributed by atoms with van der Waals surface area (Å²) in [5.74, 6) is 0.768. The van der Waals surface area contributed by atoms with Crippen molar-refractivity contribution in [3.05, 3.63) is 42.0 Å². The molecule has 1 amide bonds. The number of rotatable bonds is 5. The van der Waals surface area contributed by atoms with Crippen molar-refractivity contribution in [1.82, 2.24) is 4.90 Å². The predicted molar refractivity (Wildman–Crippen MR) is 104 cm³/mol. The van der Waals surface area contributed by atoms with E-state index in [-0.39, 0.29) is 16.7 Å². The lowest BCUT2D eigenvalue weighted by Gasteiger charge is -2.64. The maximum Gasteiger partial charge on any atom is 0.228 e. The first-order chi connectivity index (χ1) is 12.4. The summed E-state index contributed by atoms with van der Waals surface area (Å²) in [5.41, 5.74) is 0.401. The van der Waals surface area contributed by atoms with Gasteiger partial charge in [-0.25, -0.2) is 0 Å². The molecule has 1 aromatic carbocycles. The molecule has 5 rings (SSSR count). The van der Waals surface area contributed by atoms with Crippen LogP contribution in [0.15, 0.2) is 36.4 Å². The lowest BCUT2D eigenvalue weighted by Crippen LogP contribution is -2.63. The van der Waals surface area contributed by atoms with Crippen LogP contribution in [0, 0.1) is 16.7 Å². The summed E-state index contributed by atoms with van der Waals surface area (Å²) in [4.78, 5) is 15.3. The number of carbonyl (C=O) groups excluding carboxylic acids is 1. The smallest absolute Gasteiger partial charge is 0.228 e. The van der Waals surface area contributed by atoms with Gasteiger partial charge in [0, 0.05) is 13.6 Å². The molecule has 0 aromatic heterocycles. The largest absolute Gasteiger partial charge is 0.390 e. The van der Waals surface area contributed by atoms with Crippen molar-refractivity contribution in [2.75, 3.05) is 13.6 Å². The Kier molecular flexibility index (Phi) is 4.26. The van der Waals surface area contributed by atoms with Crippen molar-refractivity contribution in [3.8, 4) is 0 Å². The monoisotopic (exact) mass is 353 g/mol. The van der Waals surface area contributed by atoms with E-state index < -0.39 is 5.60 Å². The van der Waals surface area contributed by atoms with Crippen LogP contribution in [0.5, 0.6) is 0 Å². The first-order valence-corrected chi connectivity index (χ1v) is 10.1. The molecule has 4 aliphatic carbocycles. The Balaban J connectivity index is 1.49.